The molecule has 1 saturated heterocycles. The zero-order chi connectivity index (χ0) is 14.8. The van der Waals surface area contributed by atoms with E-state index in [9.17, 15) is 5.11 Å². The molecule has 0 spiro atoms. The van der Waals surface area contributed by atoms with Crippen LogP contribution in [0.2, 0.25) is 5.15 Å². The Labute approximate surface area is 128 Å². The van der Waals surface area contributed by atoms with Crippen molar-refractivity contribution in [2.75, 3.05) is 13.2 Å². The maximum absolute atomic E-state index is 9.21. The van der Waals surface area contributed by atoms with Gasteiger partial charge in [0.05, 0.1) is 18.1 Å². The smallest absolute Gasteiger partial charge is 0.162 e. The highest BCUT2D eigenvalue weighted by Gasteiger charge is 2.23. The summed E-state index contributed by atoms with van der Waals surface area (Å²) in [5.74, 6) is 0.723. The first kappa shape index (κ1) is 14.7. The molecule has 3 heterocycles. The second kappa shape index (κ2) is 6.25. The summed E-state index contributed by atoms with van der Waals surface area (Å²) >= 11 is 6.23. The summed E-state index contributed by atoms with van der Waals surface area (Å²) in [6, 6.07) is 0.411. The van der Waals surface area contributed by atoms with Crippen molar-refractivity contribution in [1.29, 1.82) is 0 Å². The number of fused-ring (bicyclic) bond motifs is 1. The Hall–Kier alpha value is -1.24. The molecule has 2 aromatic heterocycles. The molecule has 1 aliphatic rings. The molecule has 3 rings (SSSR count). The fraction of sp³-hybridized carbons (Fsp3) is 0.643. The van der Waals surface area contributed by atoms with Gasteiger partial charge in [-0.3, -0.25) is 9.58 Å². The second-order valence-corrected chi connectivity index (χ2v) is 5.93. The van der Waals surface area contributed by atoms with Gasteiger partial charge in [-0.1, -0.05) is 18.0 Å². The van der Waals surface area contributed by atoms with Crippen LogP contribution in [0.3, 0.4) is 0 Å². The fourth-order valence-electron chi connectivity index (χ4n) is 3.03. The van der Waals surface area contributed by atoms with Gasteiger partial charge in [0, 0.05) is 19.7 Å². The molecule has 0 amide bonds. The molecular formula is C14H20ClN5O. The highest BCUT2D eigenvalue weighted by Crippen LogP contribution is 2.23. The molecule has 0 radical (unpaired) electrons. The van der Waals surface area contributed by atoms with E-state index in [1.165, 1.54) is 12.8 Å². The van der Waals surface area contributed by atoms with E-state index in [0.29, 0.717) is 17.7 Å². The van der Waals surface area contributed by atoms with E-state index in [1.807, 2.05) is 7.05 Å². The van der Waals surface area contributed by atoms with Crippen LogP contribution in [0.25, 0.3) is 11.0 Å². The summed E-state index contributed by atoms with van der Waals surface area (Å²) in [6.45, 7) is 1.92. The van der Waals surface area contributed by atoms with Crippen molar-refractivity contribution in [3.05, 3.63) is 17.2 Å². The lowest BCUT2D eigenvalue weighted by molar-refractivity contribution is 0.110. The van der Waals surface area contributed by atoms with Gasteiger partial charge in [-0.15, -0.1) is 0 Å². The number of aliphatic hydroxyl groups excluding tert-OH is 1. The van der Waals surface area contributed by atoms with Gasteiger partial charge in [-0.2, -0.15) is 5.10 Å². The van der Waals surface area contributed by atoms with Gasteiger partial charge >= 0.3 is 0 Å². The molecular weight excluding hydrogens is 290 g/mol. The molecule has 0 bridgehead atoms. The standard InChI is InChI=1S/C14H20ClN5O/c1-19-14-11(8-16-19)13(15)17-12(18-14)9-20-6-3-2-4-10(20)5-7-21/h8,10,21H,2-7,9H2,1H3. The SMILES string of the molecule is Cn1ncc2c(Cl)nc(CN3CCCCC3CCO)nc21. The van der Waals surface area contributed by atoms with Gasteiger partial charge in [-0.25, -0.2) is 9.97 Å². The maximum atomic E-state index is 9.21. The van der Waals surface area contributed by atoms with Crippen LogP contribution in [0, 0.1) is 0 Å². The third kappa shape index (κ3) is 3.02. The number of hydrogen-bond donors (Lipinski definition) is 1. The monoisotopic (exact) mass is 309 g/mol. The molecule has 7 heteroatoms. The van der Waals surface area contributed by atoms with Crippen molar-refractivity contribution in [3.8, 4) is 0 Å². The largest absolute Gasteiger partial charge is 0.396 e. The predicted octanol–water partition coefficient (Wildman–Crippen LogP) is 1.75. The van der Waals surface area contributed by atoms with E-state index in [4.69, 9.17) is 11.6 Å². The first-order chi connectivity index (χ1) is 10.2. The van der Waals surface area contributed by atoms with Crippen LogP contribution in [-0.4, -0.2) is 48.9 Å². The van der Waals surface area contributed by atoms with E-state index in [1.54, 1.807) is 10.9 Å². The fourth-order valence-corrected chi connectivity index (χ4v) is 3.26. The Bertz CT molecular complexity index is 627. The van der Waals surface area contributed by atoms with E-state index < -0.39 is 0 Å². The summed E-state index contributed by atoms with van der Waals surface area (Å²) < 4.78 is 1.72. The van der Waals surface area contributed by atoms with E-state index in [2.05, 4.69) is 20.0 Å². The van der Waals surface area contributed by atoms with Gasteiger partial charge < -0.3 is 5.11 Å². The second-order valence-electron chi connectivity index (χ2n) is 5.57. The summed E-state index contributed by atoms with van der Waals surface area (Å²) in [5.41, 5.74) is 0.765. The maximum Gasteiger partial charge on any atom is 0.162 e. The number of aromatic nitrogens is 4. The molecule has 21 heavy (non-hydrogen) atoms. The molecule has 1 unspecified atom stereocenters. The third-order valence-electron chi connectivity index (χ3n) is 4.15. The molecule has 114 valence electrons. The Morgan fingerprint density at radius 1 is 1.38 bits per heavy atom. The van der Waals surface area contributed by atoms with Crippen molar-refractivity contribution in [1.82, 2.24) is 24.6 Å². The van der Waals surface area contributed by atoms with Crippen molar-refractivity contribution in [2.45, 2.75) is 38.3 Å². The number of rotatable bonds is 4. The molecule has 1 N–H and O–H groups in total. The molecule has 0 aliphatic carbocycles. The number of piperidine rings is 1. The minimum atomic E-state index is 0.226. The molecule has 1 aliphatic heterocycles. The number of nitrogens with zero attached hydrogens (tertiary/aromatic N) is 5. The molecule has 2 aromatic rings. The number of aryl methyl sites for hydroxylation is 1. The van der Waals surface area contributed by atoms with Crippen molar-refractivity contribution >= 4 is 22.6 Å². The van der Waals surface area contributed by atoms with Crippen molar-refractivity contribution in [3.63, 3.8) is 0 Å². The Morgan fingerprint density at radius 3 is 3.05 bits per heavy atom. The zero-order valence-corrected chi connectivity index (χ0v) is 12.9. The minimum Gasteiger partial charge on any atom is -0.396 e. The molecule has 6 nitrogen and oxygen atoms in total. The average molecular weight is 310 g/mol. The summed E-state index contributed by atoms with van der Waals surface area (Å²) in [4.78, 5) is 11.3. The first-order valence-electron chi connectivity index (χ1n) is 7.38. The molecule has 1 atom stereocenters. The summed E-state index contributed by atoms with van der Waals surface area (Å²) in [5, 5.41) is 14.6. The zero-order valence-electron chi connectivity index (χ0n) is 12.2. The first-order valence-corrected chi connectivity index (χ1v) is 7.76. The Balaban J connectivity index is 1.84. The number of hydrogen-bond acceptors (Lipinski definition) is 5. The van der Waals surface area contributed by atoms with Crippen LogP contribution in [0.5, 0.6) is 0 Å². The van der Waals surface area contributed by atoms with E-state index in [0.717, 1.165) is 36.2 Å². The van der Waals surface area contributed by atoms with Crippen molar-refractivity contribution < 1.29 is 5.11 Å². The lowest BCUT2D eigenvalue weighted by Crippen LogP contribution is -2.39. The van der Waals surface area contributed by atoms with E-state index in [-0.39, 0.29) is 6.61 Å². The highest BCUT2D eigenvalue weighted by molar-refractivity contribution is 6.33. The van der Waals surface area contributed by atoms with Crippen LogP contribution >= 0.6 is 11.6 Å². The minimum absolute atomic E-state index is 0.226. The van der Waals surface area contributed by atoms with Gasteiger partial charge in [0.25, 0.3) is 0 Å². The van der Waals surface area contributed by atoms with Crippen LogP contribution in [0.4, 0.5) is 0 Å². The number of aliphatic hydroxyl groups is 1. The molecule has 1 fully saturated rings. The van der Waals surface area contributed by atoms with Crippen LogP contribution in [0.15, 0.2) is 6.20 Å². The van der Waals surface area contributed by atoms with Crippen LogP contribution in [0.1, 0.15) is 31.5 Å². The Kier molecular flexibility index (Phi) is 4.37. The molecule has 0 aromatic carbocycles. The van der Waals surface area contributed by atoms with Crippen molar-refractivity contribution in [2.24, 2.45) is 7.05 Å². The molecule has 0 saturated carbocycles. The topological polar surface area (TPSA) is 67.1 Å². The third-order valence-corrected chi connectivity index (χ3v) is 4.44. The highest BCUT2D eigenvalue weighted by atomic mass is 35.5. The lowest BCUT2D eigenvalue weighted by atomic mass is 10.00. The van der Waals surface area contributed by atoms with E-state index >= 15 is 0 Å². The average Bonchev–Trinajstić information content (AvgIpc) is 2.84. The predicted molar refractivity (Wildman–Crippen MR) is 81.1 cm³/mol. The normalized spacial score (nSPS) is 20.2. The number of likely N-dealkylation sites (tertiary alicyclic amines) is 1. The lowest BCUT2D eigenvalue weighted by Gasteiger charge is -2.34. The quantitative estimate of drug-likeness (QED) is 0.872. The number of halogens is 1. The summed E-state index contributed by atoms with van der Waals surface area (Å²) in [7, 11) is 1.85. The van der Waals surface area contributed by atoms with Gasteiger partial charge in [0.15, 0.2) is 5.65 Å². The van der Waals surface area contributed by atoms with Gasteiger partial charge in [0.2, 0.25) is 0 Å². The van der Waals surface area contributed by atoms with Gasteiger partial charge in [-0.05, 0) is 25.8 Å². The van der Waals surface area contributed by atoms with Gasteiger partial charge in [0.1, 0.15) is 11.0 Å². The summed E-state index contributed by atoms with van der Waals surface area (Å²) in [6.07, 6.45) is 6.04. The van der Waals surface area contributed by atoms with Crippen LogP contribution in [-0.2, 0) is 13.6 Å². The Morgan fingerprint density at radius 2 is 2.24 bits per heavy atom. The van der Waals surface area contributed by atoms with Crippen LogP contribution < -0.4 is 0 Å².